The van der Waals surface area contributed by atoms with Gasteiger partial charge in [-0.2, -0.15) is 0 Å². The topological polar surface area (TPSA) is 78.5 Å². The number of nitrogens with one attached hydrogen (secondary N) is 2. The summed E-state index contributed by atoms with van der Waals surface area (Å²) in [6.07, 6.45) is 0.152. The fourth-order valence-corrected chi connectivity index (χ4v) is 2.40. The lowest BCUT2D eigenvalue weighted by atomic mass is 10.1. The van der Waals surface area contributed by atoms with E-state index in [1.165, 1.54) is 6.92 Å². The SMILES string of the molecule is CC(=O)NNC(=O)[C@@H]1CC(=O)N(c2cccc(C)c2C)C1. The van der Waals surface area contributed by atoms with Crippen LogP contribution in [0.25, 0.3) is 0 Å². The molecule has 21 heavy (non-hydrogen) atoms. The van der Waals surface area contributed by atoms with Gasteiger partial charge in [-0.1, -0.05) is 12.1 Å². The lowest BCUT2D eigenvalue weighted by molar-refractivity contribution is -0.130. The summed E-state index contributed by atoms with van der Waals surface area (Å²) < 4.78 is 0. The highest BCUT2D eigenvalue weighted by atomic mass is 16.2. The van der Waals surface area contributed by atoms with Gasteiger partial charge in [-0.25, -0.2) is 0 Å². The van der Waals surface area contributed by atoms with Crippen molar-refractivity contribution in [3.63, 3.8) is 0 Å². The van der Waals surface area contributed by atoms with Crippen molar-refractivity contribution >= 4 is 23.4 Å². The maximum atomic E-state index is 12.1. The summed E-state index contributed by atoms with van der Waals surface area (Å²) in [5.74, 6) is -1.22. The second-order valence-corrected chi connectivity index (χ2v) is 5.29. The van der Waals surface area contributed by atoms with Crippen LogP contribution in [0, 0.1) is 19.8 Å². The quantitative estimate of drug-likeness (QED) is 0.791. The number of aryl methyl sites for hydroxylation is 1. The molecule has 0 bridgehead atoms. The van der Waals surface area contributed by atoms with Gasteiger partial charge in [-0.15, -0.1) is 0 Å². The summed E-state index contributed by atoms with van der Waals surface area (Å²) >= 11 is 0. The van der Waals surface area contributed by atoms with E-state index in [2.05, 4.69) is 10.9 Å². The molecule has 0 spiro atoms. The minimum Gasteiger partial charge on any atom is -0.311 e. The fraction of sp³-hybridized carbons (Fsp3) is 0.400. The Labute approximate surface area is 123 Å². The molecule has 6 heteroatoms. The van der Waals surface area contributed by atoms with Crippen LogP contribution in [0.1, 0.15) is 24.5 Å². The second-order valence-electron chi connectivity index (χ2n) is 5.29. The molecule has 0 unspecified atom stereocenters. The van der Waals surface area contributed by atoms with Crippen LogP contribution in [0.5, 0.6) is 0 Å². The standard InChI is InChI=1S/C15H19N3O3/c1-9-5-4-6-13(10(9)2)18-8-12(7-14(18)20)15(21)17-16-11(3)19/h4-6,12H,7-8H2,1-3H3,(H,16,19)(H,17,21)/t12-/m1/s1. The lowest BCUT2D eigenvalue weighted by Crippen LogP contribution is -2.44. The normalized spacial score (nSPS) is 17.8. The molecule has 0 aromatic heterocycles. The molecule has 0 radical (unpaired) electrons. The zero-order chi connectivity index (χ0) is 15.6. The average molecular weight is 289 g/mol. The molecule has 2 rings (SSSR count). The molecule has 1 aromatic carbocycles. The molecule has 6 nitrogen and oxygen atoms in total. The largest absolute Gasteiger partial charge is 0.311 e. The number of carbonyl (C=O) groups is 3. The van der Waals surface area contributed by atoms with Crippen LogP contribution in [0.2, 0.25) is 0 Å². The van der Waals surface area contributed by atoms with Crippen LogP contribution in [0.15, 0.2) is 18.2 Å². The number of nitrogens with zero attached hydrogens (tertiary/aromatic N) is 1. The second kappa shape index (κ2) is 5.95. The van der Waals surface area contributed by atoms with E-state index in [1.807, 2.05) is 32.0 Å². The molecule has 3 amide bonds. The molecule has 2 N–H and O–H groups in total. The van der Waals surface area contributed by atoms with Crippen molar-refractivity contribution in [2.24, 2.45) is 5.92 Å². The van der Waals surface area contributed by atoms with Crippen molar-refractivity contribution < 1.29 is 14.4 Å². The van der Waals surface area contributed by atoms with Gasteiger partial charge in [0, 0.05) is 25.6 Å². The van der Waals surface area contributed by atoms with Crippen LogP contribution in [-0.2, 0) is 14.4 Å². The molecule has 112 valence electrons. The van der Waals surface area contributed by atoms with Crippen molar-refractivity contribution in [1.29, 1.82) is 0 Å². The molecule has 1 aliphatic rings. The predicted molar refractivity (Wildman–Crippen MR) is 78.3 cm³/mol. The summed E-state index contributed by atoms with van der Waals surface area (Å²) in [5, 5.41) is 0. The summed E-state index contributed by atoms with van der Waals surface area (Å²) in [5.41, 5.74) is 7.55. The van der Waals surface area contributed by atoms with Crippen LogP contribution < -0.4 is 15.8 Å². The highest BCUT2D eigenvalue weighted by Gasteiger charge is 2.35. The van der Waals surface area contributed by atoms with E-state index in [-0.39, 0.29) is 24.1 Å². The molecule has 1 atom stereocenters. The molecular weight excluding hydrogens is 270 g/mol. The Bertz CT molecular complexity index is 598. The van der Waals surface area contributed by atoms with Crippen LogP contribution in [-0.4, -0.2) is 24.3 Å². The van der Waals surface area contributed by atoms with Gasteiger partial charge in [0.15, 0.2) is 0 Å². The third-order valence-electron chi connectivity index (χ3n) is 3.72. The van der Waals surface area contributed by atoms with E-state index < -0.39 is 5.92 Å². The predicted octanol–water partition coefficient (Wildman–Crippen LogP) is 0.824. The molecule has 1 fully saturated rings. The first-order valence-corrected chi connectivity index (χ1v) is 6.83. The van der Waals surface area contributed by atoms with Gasteiger partial charge in [-0.3, -0.25) is 25.2 Å². The number of carbonyl (C=O) groups excluding carboxylic acids is 3. The Morgan fingerprint density at radius 2 is 1.95 bits per heavy atom. The Hall–Kier alpha value is -2.37. The maximum absolute atomic E-state index is 12.1. The van der Waals surface area contributed by atoms with E-state index in [0.717, 1.165) is 16.8 Å². The number of hydrogen-bond acceptors (Lipinski definition) is 3. The van der Waals surface area contributed by atoms with E-state index in [4.69, 9.17) is 0 Å². The Morgan fingerprint density at radius 1 is 1.24 bits per heavy atom. The monoisotopic (exact) mass is 289 g/mol. The van der Waals surface area contributed by atoms with Gasteiger partial charge >= 0.3 is 0 Å². The third kappa shape index (κ3) is 3.21. The number of amides is 3. The minimum absolute atomic E-state index is 0.0772. The summed E-state index contributed by atoms with van der Waals surface area (Å²) in [4.78, 5) is 36.5. The first kappa shape index (κ1) is 15.0. The van der Waals surface area contributed by atoms with Crippen LogP contribution in [0.3, 0.4) is 0 Å². The highest BCUT2D eigenvalue weighted by Crippen LogP contribution is 2.29. The fourth-order valence-electron chi connectivity index (χ4n) is 2.40. The van der Waals surface area contributed by atoms with Crippen molar-refractivity contribution in [3.8, 4) is 0 Å². The van der Waals surface area contributed by atoms with Crippen LogP contribution >= 0.6 is 0 Å². The maximum Gasteiger partial charge on any atom is 0.243 e. The van der Waals surface area contributed by atoms with Gasteiger partial charge in [0.25, 0.3) is 0 Å². The molecule has 0 saturated carbocycles. The van der Waals surface area contributed by atoms with Gasteiger partial charge in [0.1, 0.15) is 0 Å². The number of hydrazine groups is 1. The Morgan fingerprint density at radius 3 is 2.62 bits per heavy atom. The molecule has 1 saturated heterocycles. The smallest absolute Gasteiger partial charge is 0.243 e. The zero-order valence-corrected chi connectivity index (χ0v) is 12.4. The molecule has 0 aliphatic carbocycles. The third-order valence-corrected chi connectivity index (χ3v) is 3.72. The molecule has 1 aromatic rings. The molecule has 1 aliphatic heterocycles. The van der Waals surface area contributed by atoms with Crippen molar-refractivity contribution in [1.82, 2.24) is 10.9 Å². The average Bonchev–Trinajstić information content (AvgIpc) is 2.81. The number of hydrogen-bond donors (Lipinski definition) is 2. The zero-order valence-electron chi connectivity index (χ0n) is 12.4. The number of benzene rings is 1. The molecular formula is C15H19N3O3. The van der Waals surface area contributed by atoms with E-state index >= 15 is 0 Å². The van der Waals surface area contributed by atoms with Crippen molar-refractivity contribution in [2.45, 2.75) is 27.2 Å². The van der Waals surface area contributed by atoms with Gasteiger partial charge in [0.05, 0.1) is 5.92 Å². The van der Waals surface area contributed by atoms with E-state index in [0.29, 0.717) is 6.54 Å². The minimum atomic E-state index is -0.454. The first-order valence-electron chi connectivity index (χ1n) is 6.83. The van der Waals surface area contributed by atoms with Crippen LogP contribution in [0.4, 0.5) is 5.69 Å². The number of anilines is 1. The van der Waals surface area contributed by atoms with Gasteiger partial charge in [0.2, 0.25) is 17.7 Å². The Balaban J connectivity index is 2.11. The van der Waals surface area contributed by atoms with Gasteiger partial charge in [-0.05, 0) is 31.0 Å². The first-order chi connectivity index (χ1) is 9.90. The number of rotatable bonds is 2. The van der Waals surface area contributed by atoms with E-state index in [1.54, 1.807) is 4.90 Å². The summed E-state index contributed by atoms with van der Waals surface area (Å²) in [7, 11) is 0. The lowest BCUT2D eigenvalue weighted by Gasteiger charge is -2.20. The van der Waals surface area contributed by atoms with Gasteiger partial charge < -0.3 is 4.90 Å². The molecule has 1 heterocycles. The summed E-state index contributed by atoms with van der Waals surface area (Å²) in [6.45, 7) is 5.58. The van der Waals surface area contributed by atoms with E-state index in [9.17, 15) is 14.4 Å². The highest BCUT2D eigenvalue weighted by molar-refractivity contribution is 6.01. The Kier molecular flexibility index (Phi) is 4.26. The summed E-state index contributed by atoms with van der Waals surface area (Å²) in [6, 6.07) is 5.77. The van der Waals surface area contributed by atoms with Crippen molar-refractivity contribution in [3.05, 3.63) is 29.3 Å². The van der Waals surface area contributed by atoms with Crippen molar-refractivity contribution in [2.75, 3.05) is 11.4 Å².